The van der Waals surface area contributed by atoms with E-state index in [4.69, 9.17) is 21.1 Å². The van der Waals surface area contributed by atoms with Crippen LogP contribution in [0, 0.1) is 5.92 Å². The third kappa shape index (κ3) is 6.44. The highest BCUT2D eigenvalue weighted by Crippen LogP contribution is 2.37. The van der Waals surface area contributed by atoms with Gasteiger partial charge in [-0.15, -0.1) is 0 Å². The molecule has 1 fully saturated rings. The van der Waals surface area contributed by atoms with Crippen LogP contribution in [-0.4, -0.2) is 68.3 Å². The Morgan fingerprint density at radius 3 is 2.39 bits per heavy atom. The molecule has 0 spiro atoms. The molecule has 0 atom stereocenters. The van der Waals surface area contributed by atoms with E-state index in [2.05, 4.69) is 13.8 Å². The molecular weight excluding hydrogens is 397 g/mol. The number of rotatable bonds is 7. The van der Waals surface area contributed by atoms with E-state index >= 15 is 0 Å². The fraction of sp³-hybridized carbons (Fsp3) is 0.632. The Balaban J connectivity index is 2.04. The summed E-state index contributed by atoms with van der Waals surface area (Å²) in [5.41, 5.74) is 0.322. The van der Waals surface area contributed by atoms with Crippen molar-refractivity contribution >= 4 is 17.5 Å². The molecule has 1 amide bonds. The lowest BCUT2D eigenvalue weighted by Crippen LogP contribution is -2.50. The molecule has 1 aromatic carbocycles. The molecule has 0 saturated carbocycles. The van der Waals surface area contributed by atoms with E-state index in [1.54, 1.807) is 6.07 Å². The summed E-state index contributed by atoms with van der Waals surface area (Å²) in [7, 11) is 1.46. The Kier molecular flexibility index (Phi) is 7.83. The van der Waals surface area contributed by atoms with Gasteiger partial charge in [-0.25, -0.2) is 0 Å². The molecule has 1 heterocycles. The monoisotopic (exact) mass is 422 g/mol. The van der Waals surface area contributed by atoms with Crippen molar-refractivity contribution in [3.05, 3.63) is 22.7 Å². The minimum Gasteiger partial charge on any atom is -0.493 e. The van der Waals surface area contributed by atoms with Gasteiger partial charge in [-0.1, -0.05) is 25.4 Å². The van der Waals surface area contributed by atoms with Crippen molar-refractivity contribution in [2.24, 2.45) is 5.92 Å². The number of carbonyl (C=O) groups is 1. The first-order chi connectivity index (χ1) is 13.1. The topological polar surface area (TPSA) is 42.0 Å². The van der Waals surface area contributed by atoms with Crippen molar-refractivity contribution in [2.75, 3.05) is 46.4 Å². The number of amides is 1. The van der Waals surface area contributed by atoms with Gasteiger partial charge in [0.25, 0.3) is 5.91 Å². The van der Waals surface area contributed by atoms with Crippen LogP contribution in [0.1, 0.15) is 30.6 Å². The molecule has 0 N–H and O–H groups in total. The van der Waals surface area contributed by atoms with E-state index in [-0.39, 0.29) is 37.1 Å². The van der Waals surface area contributed by atoms with Crippen LogP contribution < -0.4 is 9.47 Å². The molecule has 9 heteroatoms. The third-order valence-corrected chi connectivity index (χ3v) is 4.76. The number of hydrogen-bond acceptors (Lipinski definition) is 4. The van der Waals surface area contributed by atoms with Crippen molar-refractivity contribution < 1.29 is 27.4 Å². The molecule has 158 valence electrons. The van der Waals surface area contributed by atoms with Crippen molar-refractivity contribution in [3.63, 3.8) is 0 Å². The zero-order chi connectivity index (χ0) is 20.9. The molecule has 28 heavy (non-hydrogen) atoms. The maximum Gasteiger partial charge on any atom is 0.401 e. The standard InChI is InChI=1S/C19H26ClF3N2O3/c1-13(2)4-9-28-17-15(20)10-14(11-16(17)27-3)18(26)25-7-5-24(6-8-25)12-19(21,22)23/h10-11,13H,4-9,12H2,1-3H3. The zero-order valence-electron chi connectivity index (χ0n) is 16.3. The van der Waals surface area contributed by atoms with Crippen LogP contribution >= 0.6 is 11.6 Å². The zero-order valence-corrected chi connectivity index (χ0v) is 17.1. The molecule has 0 radical (unpaired) electrons. The van der Waals surface area contributed by atoms with E-state index in [1.165, 1.54) is 23.0 Å². The second kappa shape index (κ2) is 9.69. The first-order valence-corrected chi connectivity index (χ1v) is 9.57. The number of methoxy groups -OCH3 is 1. The second-order valence-corrected chi connectivity index (χ2v) is 7.61. The van der Waals surface area contributed by atoms with E-state index < -0.39 is 12.7 Å². The fourth-order valence-corrected chi connectivity index (χ4v) is 3.19. The van der Waals surface area contributed by atoms with Gasteiger partial charge in [0.05, 0.1) is 25.3 Å². The predicted molar refractivity (Wildman–Crippen MR) is 101 cm³/mol. The summed E-state index contributed by atoms with van der Waals surface area (Å²) < 4.78 is 48.5. The van der Waals surface area contributed by atoms with Gasteiger partial charge in [0.15, 0.2) is 11.5 Å². The van der Waals surface area contributed by atoms with Crippen LogP contribution in [0.3, 0.4) is 0 Å². The molecular formula is C19H26ClF3N2O3. The van der Waals surface area contributed by atoms with Gasteiger partial charge in [-0.05, 0) is 24.5 Å². The first kappa shape index (κ1) is 22.6. The molecule has 0 aliphatic carbocycles. The van der Waals surface area contributed by atoms with Crippen LogP contribution in [0.2, 0.25) is 5.02 Å². The molecule has 2 rings (SSSR count). The normalized spacial score (nSPS) is 15.8. The maximum atomic E-state index is 12.8. The number of alkyl halides is 3. The summed E-state index contributed by atoms with van der Waals surface area (Å²) in [5.74, 6) is 0.925. The van der Waals surface area contributed by atoms with Gasteiger partial charge in [0.1, 0.15) is 0 Å². The van der Waals surface area contributed by atoms with Gasteiger partial charge in [-0.3, -0.25) is 9.69 Å². The highest BCUT2D eigenvalue weighted by Gasteiger charge is 2.33. The van der Waals surface area contributed by atoms with Gasteiger partial charge in [0, 0.05) is 31.7 Å². The summed E-state index contributed by atoms with van der Waals surface area (Å²) in [6, 6.07) is 3.07. The Morgan fingerprint density at radius 2 is 1.86 bits per heavy atom. The quantitative estimate of drug-likeness (QED) is 0.663. The molecule has 1 aromatic rings. The maximum absolute atomic E-state index is 12.8. The third-order valence-electron chi connectivity index (χ3n) is 4.48. The highest BCUT2D eigenvalue weighted by atomic mass is 35.5. The van der Waals surface area contributed by atoms with Crippen LogP contribution in [0.15, 0.2) is 12.1 Å². The lowest BCUT2D eigenvalue weighted by molar-refractivity contribution is -0.148. The van der Waals surface area contributed by atoms with Crippen molar-refractivity contribution in [3.8, 4) is 11.5 Å². The average molecular weight is 423 g/mol. The molecule has 0 aromatic heterocycles. The number of hydrogen-bond donors (Lipinski definition) is 0. The molecule has 0 unspecified atom stereocenters. The number of halogens is 4. The Labute approximate surface area is 168 Å². The number of piperazine rings is 1. The Bertz CT molecular complexity index is 675. The van der Waals surface area contributed by atoms with Crippen LogP contribution in [-0.2, 0) is 0 Å². The minimum absolute atomic E-state index is 0.173. The summed E-state index contributed by atoms with van der Waals surface area (Å²) in [6.07, 6.45) is -3.39. The summed E-state index contributed by atoms with van der Waals surface area (Å²) in [5, 5.41) is 0.266. The van der Waals surface area contributed by atoms with E-state index in [0.717, 1.165) is 6.42 Å². The molecule has 1 aliphatic heterocycles. The largest absolute Gasteiger partial charge is 0.493 e. The summed E-state index contributed by atoms with van der Waals surface area (Å²) >= 11 is 6.30. The average Bonchev–Trinajstić information content (AvgIpc) is 2.61. The van der Waals surface area contributed by atoms with Crippen molar-refractivity contribution in [2.45, 2.75) is 26.4 Å². The summed E-state index contributed by atoms with van der Waals surface area (Å²) in [6.45, 7) is 4.47. The van der Waals surface area contributed by atoms with E-state index in [0.29, 0.717) is 29.6 Å². The van der Waals surface area contributed by atoms with E-state index in [1.807, 2.05) is 0 Å². The minimum atomic E-state index is -4.24. The van der Waals surface area contributed by atoms with Gasteiger partial charge < -0.3 is 14.4 Å². The SMILES string of the molecule is COc1cc(C(=O)N2CCN(CC(F)(F)F)CC2)cc(Cl)c1OCCC(C)C. The summed E-state index contributed by atoms with van der Waals surface area (Å²) in [4.78, 5) is 15.6. The van der Waals surface area contributed by atoms with Gasteiger partial charge in [-0.2, -0.15) is 13.2 Å². The first-order valence-electron chi connectivity index (χ1n) is 9.19. The number of ether oxygens (including phenoxy) is 2. The molecule has 0 bridgehead atoms. The molecule has 1 saturated heterocycles. The Morgan fingerprint density at radius 1 is 1.21 bits per heavy atom. The smallest absolute Gasteiger partial charge is 0.401 e. The lowest BCUT2D eigenvalue weighted by Gasteiger charge is -2.35. The van der Waals surface area contributed by atoms with Crippen LogP contribution in [0.4, 0.5) is 13.2 Å². The number of carbonyl (C=O) groups excluding carboxylic acids is 1. The van der Waals surface area contributed by atoms with Crippen molar-refractivity contribution in [1.29, 1.82) is 0 Å². The number of benzene rings is 1. The van der Waals surface area contributed by atoms with E-state index in [9.17, 15) is 18.0 Å². The highest BCUT2D eigenvalue weighted by molar-refractivity contribution is 6.32. The fourth-order valence-electron chi connectivity index (χ4n) is 2.93. The van der Waals surface area contributed by atoms with Gasteiger partial charge >= 0.3 is 6.18 Å². The Hall–Kier alpha value is -1.67. The predicted octanol–water partition coefficient (Wildman–Crippen LogP) is 4.09. The number of nitrogens with zero attached hydrogens (tertiary/aromatic N) is 2. The van der Waals surface area contributed by atoms with Crippen molar-refractivity contribution in [1.82, 2.24) is 9.80 Å². The van der Waals surface area contributed by atoms with Crippen LogP contribution in [0.25, 0.3) is 0 Å². The molecule has 1 aliphatic rings. The van der Waals surface area contributed by atoms with Crippen LogP contribution in [0.5, 0.6) is 11.5 Å². The lowest BCUT2D eigenvalue weighted by atomic mass is 10.1. The van der Waals surface area contributed by atoms with Gasteiger partial charge in [0.2, 0.25) is 0 Å². The molecule has 5 nitrogen and oxygen atoms in total. The second-order valence-electron chi connectivity index (χ2n) is 7.20.